The van der Waals surface area contributed by atoms with Crippen molar-refractivity contribution in [3.8, 4) is 5.75 Å². The second kappa shape index (κ2) is 4.32. The van der Waals surface area contributed by atoms with Crippen LogP contribution in [0.5, 0.6) is 5.75 Å². The van der Waals surface area contributed by atoms with Crippen LogP contribution in [0.3, 0.4) is 0 Å². The Hall–Kier alpha value is -1.23. The molecule has 1 aliphatic rings. The Labute approximate surface area is 87.2 Å². The quantitative estimate of drug-likeness (QED) is 0.727. The van der Waals surface area contributed by atoms with Gasteiger partial charge in [-0.2, -0.15) is 5.43 Å². The van der Waals surface area contributed by atoms with Gasteiger partial charge in [0.1, 0.15) is 5.75 Å². The highest BCUT2D eigenvalue weighted by Gasteiger charge is 2.15. The van der Waals surface area contributed by atoms with Crippen molar-refractivity contribution in [2.45, 2.75) is 0 Å². The van der Waals surface area contributed by atoms with Gasteiger partial charge in [-0.15, -0.1) is 0 Å². The zero-order chi connectivity index (χ0) is 9.80. The Bertz CT molecular complexity index is 317. The van der Waals surface area contributed by atoms with Crippen LogP contribution in [0, 0.1) is 6.23 Å². The van der Waals surface area contributed by atoms with E-state index in [0.717, 1.165) is 5.75 Å². The Morgan fingerprint density at radius 2 is 2.00 bits per heavy atom. The number of hydrogen-bond donors (Lipinski definition) is 2. The maximum absolute atomic E-state index is 5.64. The number of hydrazine groups is 2. The molecule has 0 saturated heterocycles. The summed E-state index contributed by atoms with van der Waals surface area (Å²) in [6, 6.07) is 9.46. The third-order valence-corrected chi connectivity index (χ3v) is 1.78. The average Bonchev–Trinajstić information content (AvgIpc) is 2.19. The van der Waals surface area contributed by atoms with Gasteiger partial charge in [0.25, 0.3) is 6.23 Å². The maximum atomic E-state index is 5.64. The van der Waals surface area contributed by atoms with E-state index < -0.39 is 0 Å². The Balaban J connectivity index is 1.98. The van der Waals surface area contributed by atoms with Gasteiger partial charge in [-0.05, 0) is 18.2 Å². The van der Waals surface area contributed by atoms with Crippen LogP contribution < -0.4 is 15.6 Å². The number of para-hydroxylation sites is 1. The van der Waals surface area contributed by atoms with Gasteiger partial charge < -0.3 is 4.74 Å². The largest absolute Gasteiger partial charge is 0.461 e. The van der Waals surface area contributed by atoms with Crippen LogP contribution in [-0.4, -0.2) is 4.64 Å². The molecule has 14 heavy (non-hydrogen) atoms. The molecular formula is C9H9ClN3O. The minimum absolute atomic E-state index is 0.560. The molecule has 1 aromatic carbocycles. The van der Waals surface area contributed by atoms with Gasteiger partial charge in [0.05, 0.1) is 0 Å². The van der Waals surface area contributed by atoms with E-state index in [9.17, 15) is 0 Å². The van der Waals surface area contributed by atoms with Crippen molar-refractivity contribution in [2.24, 2.45) is 0 Å². The summed E-state index contributed by atoms with van der Waals surface area (Å²) in [5.41, 5.74) is 5.46. The van der Waals surface area contributed by atoms with Gasteiger partial charge in [0.15, 0.2) is 0 Å². The van der Waals surface area contributed by atoms with Gasteiger partial charge >= 0.3 is 0 Å². The molecular weight excluding hydrogens is 202 g/mol. The fourth-order valence-corrected chi connectivity index (χ4v) is 1.16. The maximum Gasteiger partial charge on any atom is 0.255 e. The molecule has 2 N–H and O–H groups in total. The molecule has 0 aliphatic carbocycles. The molecule has 1 aliphatic heterocycles. The monoisotopic (exact) mass is 210 g/mol. The summed E-state index contributed by atoms with van der Waals surface area (Å²) >= 11 is 5.64. The summed E-state index contributed by atoms with van der Waals surface area (Å²) < 4.78 is 6.66. The first-order chi connectivity index (χ1) is 6.84. The van der Waals surface area contributed by atoms with Gasteiger partial charge in [0.2, 0.25) is 0 Å². The fourth-order valence-electron chi connectivity index (χ4n) is 1.02. The van der Waals surface area contributed by atoms with Gasteiger partial charge in [-0.25, -0.2) is 0 Å². The van der Waals surface area contributed by atoms with Crippen molar-refractivity contribution >= 4 is 11.8 Å². The van der Waals surface area contributed by atoms with Gasteiger partial charge in [-0.1, -0.05) is 22.8 Å². The van der Waals surface area contributed by atoms with E-state index in [2.05, 4.69) is 10.9 Å². The molecule has 1 radical (unpaired) electrons. The number of benzene rings is 1. The first kappa shape index (κ1) is 9.33. The van der Waals surface area contributed by atoms with Crippen molar-refractivity contribution in [2.75, 3.05) is 0 Å². The third-order valence-electron chi connectivity index (χ3n) is 1.60. The SMILES string of the molecule is ClN1NC=C[C](Oc2ccccc2)N1. The number of ether oxygens (including phenoxy) is 1. The lowest BCUT2D eigenvalue weighted by atomic mass is 10.3. The Morgan fingerprint density at radius 1 is 1.21 bits per heavy atom. The number of nitrogens with zero attached hydrogens (tertiary/aromatic N) is 1. The molecule has 0 saturated carbocycles. The molecule has 0 unspecified atom stereocenters. The lowest BCUT2D eigenvalue weighted by Gasteiger charge is -2.24. The molecule has 0 amide bonds. The Morgan fingerprint density at radius 3 is 2.71 bits per heavy atom. The molecule has 0 spiro atoms. The van der Waals surface area contributed by atoms with Crippen molar-refractivity contribution in [3.05, 3.63) is 48.8 Å². The summed E-state index contributed by atoms with van der Waals surface area (Å²) in [5, 5.41) is 0. The van der Waals surface area contributed by atoms with E-state index in [1.165, 1.54) is 4.64 Å². The van der Waals surface area contributed by atoms with Crippen LogP contribution in [-0.2, 0) is 0 Å². The van der Waals surface area contributed by atoms with E-state index in [1.807, 2.05) is 30.3 Å². The molecule has 73 valence electrons. The van der Waals surface area contributed by atoms with E-state index >= 15 is 0 Å². The lowest BCUT2D eigenvalue weighted by Crippen LogP contribution is -2.45. The first-order valence-electron chi connectivity index (χ1n) is 4.10. The lowest BCUT2D eigenvalue weighted by molar-refractivity contribution is 0.186. The van der Waals surface area contributed by atoms with Crippen LogP contribution in [0.25, 0.3) is 0 Å². The normalized spacial score (nSPS) is 17.8. The second-order valence-corrected chi connectivity index (χ2v) is 2.97. The molecule has 1 heterocycles. The molecule has 1 aromatic rings. The molecule has 0 bridgehead atoms. The predicted molar refractivity (Wildman–Crippen MR) is 53.4 cm³/mol. The highest BCUT2D eigenvalue weighted by atomic mass is 35.5. The van der Waals surface area contributed by atoms with E-state index in [1.54, 1.807) is 12.3 Å². The van der Waals surface area contributed by atoms with Gasteiger partial charge in [0, 0.05) is 18.0 Å². The number of rotatable bonds is 2. The minimum atomic E-state index is 0.560. The van der Waals surface area contributed by atoms with Crippen LogP contribution in [0.1, 0.15) is 0 Å². The predicted octanol–water partition coefficient (Wildman–Crippen LogP) is 1.55. The highest BCUT2D eigenvalue weighted by molar-refractivity contribution is 6.12. The number of hydrogen-bond acceptors (Lipinski definition) is 4. The number of halogens is 1. The van der Waals surface area contributed by atoms with Crippen molar-refractivity contribution in [1.29, 1.82) is 0 Å². The highest BCUT2D eigenvalue weighted by Crippen LogP contribution is 2.15. The number of nitrogens with one attached hydrogen (secondary N) is 2. The van der Waals surface area contributed by atoms with Crippen LogP contribution in [0.4, 0.5) is 0 Å². The average molecular weight is 211 g/mol. The van der Waals surface area contributed by atoms with Crippen LogP contribution in [0.15, 0.2) is 42.6 Å². The molecule has 0 aromatic heterocycles. The smallest absolute Gasteiger partial charge is 0.255 e. The molecule has 5 heteroatoms. The zero-order valence-corrected chi connectivity index (χ0v) is 8.03. The van der Waals surface area contributed by atoms with E-state index in [-0.39, 0.29) is 0 Å². The van der Waals surface area contributed by atoms with Gasteiger partial charge in [-0.3, -0.25) is 5.43 Å². The molecule has 2 rings (SSSR count). The minimum Gasteiger partial charge on any atom is -0.461 e. The molecule has 0 atom stereocenters. The van der Waals surface area contributed by atoms with Crippen molar-refractivity contribution in [3.63, 3.8) is 0 Å². The van der Waals surface area contributed by atoms with E-state index in [0.29, 0.717) is 6.23 Å². The van der Waals surface area contributed by atoms with E-state index in [4.69, 9.17) is 16.5 Å². The Kier molecular flexibility index (Phi) is 2.88. The van der Waals surface area contributed by atoms with Crippen LogP contribution >= 0.6 is 11.8 Å². The molecule has 4 nitrogen and oxygen atoms in total. The summed E-state index contributed by atoms with van der Waals surface area (Å²) in [5.74, 6) is 0.756. The second-order valence-electron chi connectivity index (χ2n) is 2.63. The summed E-state index contributed by atoms with van der Waals surface area (Å²) in [4.78, 5) is 0. The standard InChI is InChI=1S/C9H9ClN3O/c10-13-11-7-6-9(12-13)14-8-4-2-1-3-5-8/h1-7,11-12H. The summed E-state index contributed by atoms with van der Waals surface area (Å²) in [6.45, 7) is 0. The third kappa shape index (κ3) is 2.38. The van der Waals surface area contributed by atoms with Crippen molar-refractivity contribution in [1.82, 2.24) is 15.5 Å². The van der Waals surface area contributed by atoms with Crippen LogP contribution in [0.2, 0.25) is 0 Å². The van der Waals surface area contributed by atoms with Crippen molar-refractivity contribution < 1.29 is 4.74 Å². The molecule has 0 fully saturated rings. The topological polar surface area (TPSA) is 36.5 Å². The zero-order valence-electron chi connectivity index (χ0n) is 7.27. The first-order valence-corrected chi connectivity index (χ1v) is 4.43. The fraction of sp³-hybridized carbons (Fsp3) is 0. The summed E-state index contributed by atoms with van der Waals surface area (Å²) in [6.07, 6.45) is 3.97. The summed E-state index contributed by atoms with van der Waals surface area (Å²) in [7, 11) is 0.